The maximum atomic E-state index is 14.1. The molecule has 12 heteroatoms. The van der Waals surface area contributed by atoms with Crippen molar-refractivity contribution in [3.8, 4) is 11.4 Å². The number of carboxylic acids is 1. The summed E-state index contributed by atoms with van der Waals surface area (Å²) in [6, 6.07) is 5.87. The highest BCUT2D eigenvalue weighted by atomic mass is 19.1. The fraction of sp³-hybridized carbons (Fsp3) is 0.250. The van der Waals surface area contributed by atoms with Crippen LogP contribution < -0.4 is 15.3 Å². The molecule has 0 bridgehead atoms. The van der Waals surface area contributed by atoms with E-state index in [0.29, 0.717) is 9.36 Å². The van der Waals surface area contributed by atoms with Gasteiger partial charge in [0, 0.05) is 6.54 Å². The average molecular weight is 447 g/mol. The molecule has 0 aliphatic heterocycles. The molecule has 1 amide bonds. The third-order valence-electron chi connectivity index (χ3n) is 4.32. The first-order valence-corrected chi connectivity index (χ1v) is 9.51. The van der Waals surface area contributed by atoms with Crippen LogP contribution in [0.1, 0.15) is 31.1 Å². The Morgan fingerprint density at radius 3 is 2.38 bits per heavy atom. The molecule has 32 heavy (non-hydrogen) atoms. The molecule has 0 aliphatic carbocycles. The molecule has 3 rings (SSSR count). The second kappa shape index (κ2) is 8.96. The number of para-hydroxylation sites is 1. The summed E-state index contributed by atoms with van der Waals surface area (Å²) < 4.78 is 34.5. The van der Waals surface area contributed by atoms with Gasteiger partial charge in [0.1, 0.15) is 11.4 Å². The molecule has 0 saturated carbocycles. The summed E-state index contributed by atoms with van der Waals surface area (Å²) in [5.41, 5.74) is -2.04. The number of nitrogens with zero attached hydrogens (tertiary/aromatic N) is 5. The minimum Gasteiger partial charge on any atom is -0.489 e. The number of carbonyl (C=O) groups excluding carboxylic acids is 1. The van der Waals surface area contributed by atoms with Gasteiger partial charge in [-0.3, -0.25) is 4.90 Å². The Balaban J connectivity index is 2.10. The second-order valence-corrected chi connectivity index (χ2v) is 6.84. The zero-order valence-electron chi connectivity index (χ0n) is 17.3. The van der Waals surface area contributed by atoms with E-state index in [0.717, 1.165) is 23.1 Å². The van der Waals surface area contributed by atoms with E-state index in [-0.39, 0.29) is 29.6 Å². The van der Waals surface area contributed by atoms with E-state index in [4.69, 9.17) is 4.74 Å². The molecule has 0 saturated heterocycles. The summed E-state index contributed by atoms with van der Waals surface area (Å²) in [6.45, 7) is 5.05. The second-order valence-electron chi connectivity index (χ2n) is 6.84. The molecule has 1 N–H and O–H groups in total. The average Bonchev–Trinajstić information content (AvgIpc) is 3.10. The van der Waals surface area contributed by atoms with Crippen LogP contribution >= 0.6 is 0 Å². The standard InChI is InChI=1S/C20H19F2N5O5/c1-4-25(15-10-12(18(28)29)8-9-16(15)32-11(2)3)19(30)27-20(31)26(23-24-27)17-13(21)6-5-7-14(17)22/h5-11H,4H2,1-3H3,(H,28,29). The van der Waals surface area contributed by atoms with E-state index in [2.05, 4.69) is 10.4 Å². The predicted molar refractivity (Wildman–Crippen MR) is 109 cm³/mol. The highest BCUT2D eigenvalue weighted by Crippen LogP contribution is 2.31. The maximum absolute atomic E-state index is 14.1. The number of benzene rings is 2. The van der Waals surface area contributed by atoms with Crippen molar-refractivity contribution in [2.45, 2.75) is 26.9 Å². The van der Waals surface area contributed by atoms with Crippen molar-refractivity contribution in [1.82, 2.24) is 19.8 Å². The number of aromatic nitrogens is 4. The van der Waals surface area contributed by atoms with Gasteiger partial charge >= 0.3 is 17.7 Å². The zero-order chi connectivity index (χ0) is 23.6. The van der Waals surface area contributed by atoms with Gasteiger partial charge in [-0.15, -0.1) is 4.68 Å². The fourth-order valence-corrected chi connectivity index (χ4v) is 2.94. The Hall–Kier alpha value is -4.09. The molecular formula is C20H19F2N5O5. The Labute approximate surface area is 180 Å². The number of anilines is 1. The SMILES string of the molecule is CCN(C(=O)n1nnn(-c2c(F)cccc2F)c1=O)c1cc(C(=O)O)ccc1OC(C)C. The van der Waals surface area contributed by atoms with Gasteiger partial charge in [0.2, 0.25) is 0 Å². The first-order valence-electron chi connectivity index (χ1n) is 9.51. The van der Waals surface area contributed by atoms with Crippen LogP contribution in [0.4, 0.5) is 19.3 Å². The Morgan fingerprint density at radius 1 is 1.16 bits per heavy atom. The molecule has 10 nitrogen and oxygen atoms in total. The van der Waals surface area contributed by atoms with Crippen molar-refractivity contribution >= 4 is 17.7 Å². The summed E-state index contributed by atoms with van der Waals surface area (Å²) in [6.07, 6.45) is -0.300. The van der Waals surface area contributed by atoms with E-state index in [1.165, 1.54) is 18.2 Å². The minimum atomic E-state index is -1.23. The minimum absolute atomic E-state index is 0.0102. The summed E-state index contributed by atoms with van der Waals surface area (Å²) in [5, 5.41) is 16.2. The largest absolute Gasteiger partial charge is 0.489 e. The van der Waals surface area contributed by atoms with Gasteiger partial charge in [-0.25, -0.2) is 23.2 Å². The summed E-state index contributed by atoms with van der Waals surface area (Å²) in [7, 11) is 0. The normalized spacial score (nSPS) is 10.9. The fourth-order valence-electron chi connectivity index (χ4n) is 2.94. The number of halogens is 2. The third-order valence-corrected chi connectivity index (χ3v) is 4.32. The molecular weight excluding hydrogens is 428 g/mol. The first-order chi connectivity index (χ1) is 15.1. The van der Waals surface area contributed by atoms with Gasteiger partial charge in [0.05, 0.1) is 17.4 Å². The lowest BCUT2D eigenvalue weighted by Gasteiger charge is -2.24. The van der Waals surface area contributed by atoms with Crippen molar-refractivity contribution in [3.05, 3.63) is 64.1 Å². The van der Waals surface area contributed by atoms with E-state index in [9.17, 15) is 28.3 Å². The maximum Gasteiger partial charge on any atom is 0.377 e. The van der Waals surface area contributed by atoms with Gasteiger partial charge in [-0.1, -0.05) is 6.07 Å². The molecule has 0 unspecified atom stereocenters. The topological polar surface area (TPSA) is 120 Å². The van der Waals surface area contributed by atoms with Crippen LogP contribution in [0.25, 0.3) is 5.69 Å². The molecule has 3 aromatic rings. The Morgan fingerprint density at radius 2 is 1.81 bits per heavy atom. The van der Waals surface area contributed by atoms with Gasteiger partial charge in [-0.05, 0) is 61.5 Å². The van der Waals surface area contributed by atoms with Gasteiger partial charge in [0.15, 0.2) is 11.6 Å². The lowest BCUT2D eigenvalue weighted by atomic mass is 10.1. The van der Waals surface area contributed by atoms with Crippen molar-refractivity contribution < 1.29 is 28.2 Å². The van der Waals surface area contributed by atoms with Crippen LogP contribution in [0.15, 0.2) is 41.2 Å². The predicted octanol–water partition coefficient (Wildman–Crippen LogP) is 2.69. The summed E-state index contributed by atoms with van der Waals surface area (Å²) in [5.74, 6) is -3.17. The van der Waals surface area contributed by atoms with E-state index in [1.807, 2.05) is 0 Å². The van der Waals surface area contributed by atoms with Crippen LogP contribution in [0, 0.1) is 11.6 Å². The lowest BCUT2D eigenvalue weighted by Crippen LogP contribution is -2.41. The number of amides is 1. The summed E-state index contributed by atoms with van der Waals surface area (Å²) in [4.78, 5) is 38.3. The first kappa shape index (κ1) is 22.6. The van der Waals surface area contributed by atoms with E-state index < -0.39 is 35.0 Å². The highest BCUT2D eigenvalue weighted by Gasteiger charge is 2.27. The Kier molecular flexibility index (Phi) is 6.32. The van der Waals surface area contributed by atoms with Crippen molar-refractivity contribution in [3.63, 3.8) is 0 Å². The lowest BCUT2D eigenvalue weighted by molar-refractivity contribution is 0.0696. The number of aromatic carboxylic acids is 1. The number of rotatable bonds is 6. The molecule has 0 atom stereocenters. The smallest absolute Gasteiger partial charge is 0.377 e. The molecule has 0 aliphatic rings. The van der Waals surface area contributed by atoms with Crippen LogP contribution in [0.2, 0.25) is 0 Å². The quantitative estimate of drug-likeness (QED) is 0.577. The van der Waals surface area contributed by atoms with Gasteiger partial charge < -0.3 is 9.84 Å². The molecule has 1 heterocycles. The number of ether oxygens (including phenoxy) is 1. The van der Waals surface area contributed by atoms with Crippen molar-refractivity contribution in [2.24, 2.45) is 0 Å². The molecule has 1 aromatic heterocycles. The van der Waals surface area contributed by atoms with E-state index in [1.54, 1.807) is 20.8 Å². The van der Waals surface area contributed by atoms with Gasteiger partial charge in [0.25, 0.3) is 0 Å². The van der Waals surface area contributed by atoms with Crippen LogP contribution in [-0.2, 0) is 0 Å². The van der Waals surface area contributed by atoms with Crippen LogP contribution in [0.3, 0.4) is 0 Å². The molecule has 2 aromatic carbocycles. The molecule has 168 valence electrons. The van der Waals surface area contributed by atoms with Crippen LogP contribution in [-0.4, -0.2) is 49.5 Å². The third kappa shape index (κ3) is 4.19. The molecule has 0 radical (unpaired) electrons. The van der Waals surface area contributed by atoms with Crippen molar-refractivity contribution in [1.29, 1.82) is 0 Å². The monoisotopic (exact) mass is 447 g/mol. The van der Waals surface area contributed by atoms with Crippen LogP contribution in [0.5, 0.6) is 5.75 Å². The van der Waals surface area contributed by atoms with E-state index >= 15 is 0 Å². The molecule has 0 spiro atoms. The number of tetrazole rings is 1. The number of carboxylic acid groups (broad SMARTS) is 1. The van der Waals surface area contributed by atoms with Gasteiger partial charge in [-0.2, -0.15) is 4.68 Å². The zero-order valence-corrected chi connectivity index (χ0v) is 17.3. The van der Waals surface area contributed by atoms with Crippen molar-refractivity contribution in [2.75, 3.05) is 11.4 Å². The number of hydrogen-bond donors (Lipinski definition) is 1. The number of hydrogen-bond acceptors (Lipinski definition) is 6. The summed E-state index contributed by atoms with van der Waals surface area (Å²) >= 11 is 0. The number of carbonyl (C=O) groups is 2. The highest BCUT2D eigenvalue weighted by molar-refractivity contribution is 5.97. The Bertz CT molecular complexity index is 1220. The molecule has 0 fully saturated rings.